The molecule has 0 bridgehead atoms. The zero-order chi connectivity index (χ0) is 12.3. The van der Waals surface area contributed by atoms with Crippen LogP contribution in [0.4, 0.5) is 0 Å². The van der Waals surface area contributed by atoms with E-state index in [-0.39, 0.29) is 17.6 Å². The number of carbonyl (C=O) groups excluding carboxylic acids is 1. The molecular formula is C13H24N2O2. The zero-order valence-corrected chi connectivity index (χ0v) is 10.7. The molecule has 0 aromatic rings. The summed E-state index contributed by atoms with van der Waals surface area (Å²) in [4.78, 5) is 11.8. The first-order valence-corrected chi connectivity index (χ1v) is 6.73. The highest BCUT2D eigenvalue weighted by atomic mass is 16.5. The number of rotatable bonds is 5. The molecule has 3 N–H and O–H groups in total. The summed E-state index contributed by atoms with van der Waals surface area (Å²) in [5.41, 5.74) is 5.82. The largest absolute Gasteiger partial charge is 0.378 e. The molecule has 0 aromatic carbocycles. The molecule has 4 heteroatoms. The van der Waals surface area contributed by atoms with Crippen molar-refractivity contribution >= 4 is 5.91 Å². The zero-order valence-electron chi connectivity index (χ0n) is 10.7. The van der Waals surface area contributed by atoms with E-state index in [1.54, 1.807) is 7.11 Å². The molecule has 2 fully saturated rings. The normalized spacial score (nSPS) is 30.9. The minimum atomic E-state index is -0.165. The lowest BCUT2D eigenvalue weighted by Crippen LogP contribution is -2.45. The van der Waals surface area contributed by atoms with Crippen LogP contribution in [0.2, 0.25) is 0 Å². The van der Waals surface area contributed by atoms with Crippen LogP contribution in [0.25, 0.3) is 0 Å². The van der Waals surface area contributed by atoms with Gasteiger partial charge in [0, 0.05) is 19.7 Å². The Hall–Kier alpha value is -0.610. The number of ether oxygens (including phenoxy) is 1. The Labute approximate surface area is 103 Å². The van der Waals surface area contributed by atoms with Gasteiger partial charge in [-0.15, -0.1) is 0 Å². The fraction of sp³-hybridized carbons (Fsp3) is 0.923. The smallest absolute Gasteiger partial charge is 0.222 e. The van der Waals surface area contributed by atoms with E-state index < -0.39 is 0 Å². The van der Waals surface area contributed by atoms with Crippen LogP contribution in [0.5, 0.6) is 0 Å². The summed E-state index contributed by atoms with van der Waals surface area (Å²) in [6.45, 7) is 0.736. The third kappa shape index (κ3) is 2.99. The van der Waals surface area contributed by atoms with Gasteiger partial charge in [0.25, 0.3) is 0 Å². The molecule has 0 radical (unpaired) electrons. The van der Waals surface area contributed by atoms with Gasteiger partial charge in [-0.25, -0.2) is 0 Å². The maximum atomic E-state index is 11.8. The fourth-order valence-electron chi connectivity index (χ4n) is 2.94. The summed E-state index contributed by atoms with van der Waals surface area (Å²) in [7, 11) is 1.71. The Morgan fingerprint density at radius 2 is 2.18 bits per heavy atom. The molecule has 4 nitrogen and oxygen atoms in total. The van der Waals surface area contributed by atoms with E-state index in [1.807, 2.05) is 0 Å². The molecule has 1 amide bonds. The summed E-state index contributed by atoms with van der Waals surface area (Å²) < 4.78 is 5.45. The van der Waals surface area contributed by atoms with Crippen molar-refractivity contribution in [3.05, 3.63) is 0 Å². The molecule has 0 aromatic heterocycles. The Morgan fingerprint density at radius 3 is 2.65 bits per heavy atom. The second kappa shape index (κ2) is 5.36. The highest BCUT2D eigenvalue weighted by Crippen LogP contribution is 2.37. The minimum absolute atomic E-state index is 0.116. The molecule has 0 heterocycles. The van der Waals surface area contributed by atoms with Crippen molar-refractivity contribution in [2.24, 2.45) is 11.7 Å². The topological polar surface area (TPSA) is 64.3 Å². The fourth-order valence-corrected chi connectivity index (χ4v) is 2.94. The Morgan fingerprint density at radius 1 is 1.41 bits per heavy atom. The average Bonchev–Trinajstić information content (AvgIpc) is 2.67. The number of hydrogen-bond donors (Lipinski definition) is 2. The Kier molecular flexibility index (Phi) is 4.05. The number of amides is 1. The van der Waals surface area contributed by atoms with Crippen LogP contribution in [0, 0.1) is 5.92 Å². The molecule has 2 rings (SSSR count). The van der Waals surface area contributed by atoms with E-state index >= 15 is 0 Å². The monoisotopic (exact) mass is 240 g/mol. The molecule has 2 aliphatic carbocycles. The standard InChI is InChI=1S/C13H24N2O2/c1-17-13(6-3-7-13)8-12(16)15-9-10-4-2-5-11(10)14/h10-11H,2-9,14H2,1H3,(H,15,16). The van der Waals surface area contributed by atoms with E-state index in [2.05, 4.69) is 5.32 Å². The SMILES string of the molecule is COC1(CC(=O)NCC2CCCC2N)CCC1. The summed E-state index contributed by atoms with van der Waals surface area (Å²) >= 11 is 0. The third-order valence-corrected chi connectivity index (χ3v) is 4.46. The van der Waals surface area contributed by atoms with Gasteiger partial charge in [0.1, 0.15) is 0 Å². The van der Waals surface area contributed by atoms with Crippen LogP contribution in [0.3, 0.4) is 0 Å². The second-order valence-corrected chi connectivity index (χ2v) is 5.58. The first-order chi connectivity index (χ1) is 8.15. The van der Waals surface area contributed by atoms with Crippen molar-refractivity contribution in [1.29, 1.82) is 0 Å². The second-order valence-electron chi connectivity index (χ2n) is 5.58. The number of nitrogens with one attached hydrogen (secondary N) is 1. The van der Waals surface area contributed by atoms with Crippen LogP contribution in [0.15, 0.2) is 0 Å². The van der Waals surface area contributed by atoms with Gasteiger partial charge >= 0.3 is 0 Å². The first-order valence-electron chi connectivity index (χ1n) is 6.73. The Bertz CT molecular complexity index is 271. The van der Waals surface area contributed by atoms with Crippen molar-refractivity contribution < 1.29 is 9.53 Å². The number of methoxy groups -OCH3 is 1. The van der Waals surface area contributed by atoms with Gasteiger partial charge in [0.2, 0.25) is 5.91 Å². The van der Waals surface area contributed by atoms with E-state index in [0.29, 0.717) is 12.3 Å². The quantitative estimate of drug-likeness (QED) is 0.758. The first kappa shape index (κ1) is 12.8. The lowest BCUT2D eigenvalue weighted by Gasteiger charge is -2.40. The number of hydrogen-bond acceptors (Lipinski definition) is 3. The van der Waals surface area contributed by atoms with Crippen molar-refractivity contribution in [2.45, 2.75) is 56.6 Å². The molecule has 0 saturated heterocycles. The summed E-state index contributed by atoms with van der Waals surface area (Å²) in [5.74, 6) is 0.587. The van der Waals surface area contributed by atoms with Gasteiger partial charge in [0.05, 0.1) is 12.0 Å². The van der Waals surface area contributed by atoms with Crippen molar-refractivity contribution in [3.63, 3.8) is 0 Å². The van der Waals surface area contributed by atoms with Crippen LogP contribution < -0.4 is 11.1 Å². The van der Waals surface area contributed by atoms with Crippen LogP contribution in [-0.2, 0) is 9.53 Å². The van der Waals surface area contributed by atoms with Crippen LogP contribution in [0.1, 0.15) is 44.9 Å². The third-order valence-electron chi connectivity index (χ3n) is 4.46. The van der Waals surface area contributed by atoms with E-state index in [1.165, 1.54) is 12.8 Å². The molecule has 2 saturated carbocycles. The number of carbonyl (C=O) groups is 1. The van der Waals surface area contributed by atoms with E-state index in [0.717, 1.165) is 32.2 Å². The lowest BCUT2D eigenvalue weighted by atomic mass is 9.77. The summed E-state index contributed by atoms with van der Waals surface area (Å²) in [6.07, 6.45) is 7.16. The maximum Gasteiger partial charge on any atom is 0.222 e. The molecule has 0 aliphatic heterocycles. The van der Waals surface area contributed by atoms with Gasteiger partial charge in [0.15, 0.2) is 0 Å². The maximum absolute atomic E-state index is 11.8. The van der Waals surface area contributed by atoms with Crippen LogP contribution in [-0.4, -0.2) is 31.2 Å². The van der Waals surface area contributed by atoms with Gasteiger partial charge in [-0.1, -0.05) is 6.42 Å². The van der Waals surface area contributed by atoms with Crippen molar-refractivity contribution in [1.82, 2.24) is 5.32 Å². The molecule has 2 atom stereocenters. The van der Waals surface area contributed by atoms with Crippen molar-refractivity contribution in [2.75, 3.05) is 13.7 Å². The summed E-state index contributed by atoms with van der Waals surface area (Å²) in [5, 5.41) is 3.01. The van der Waals surface area contributed by atoms with Gasteiger partial charge in [-0.05, 0) is 38.0 Å². The van der Waals surface area contributed by atoms with Gasteiger partial charge < -0.3 is 15.8 Å². The van der Waals surface area contributed by atoms with Gasteiger partial charge in [-0.2, -0.15) is 0 Å². The van der Waals surface area contributed by atoms with Gasteiger partial charge in [-0.3, -0.25) is 4.79 Å². The molecule has 0 spiro atoms. The van der Waals surface area contributed by atoms with Crippen LogP contribution >= 0.6 is 0 Å². The highest BCUT2D eigenvalue weighted by molar-refractivity contribution is 5.77. The minimum Gasteiger partial charge on any atom is -0.378 e. The predicted molar refractivity (Wildman–Crippen MR) is 66.5 cm³/mol. The molecular weight excluding hydrogens is 216 g/mol. The lowest BCUT2D eigenvalue weighted by molar-refractivity contribution is -0.134. The Balaban J connectivity index is 1.70. The van der Waals surface area contributed by atoms with E-state index in [9.17, 15) is 4.79 Å². The van der Waals surface area contributed by atoms with Crippen molar-refractivity contribution in [3.8, 4) is 0 Å². The number of nitrogens with two attached hydrogens (primary N) is 1. The molecule has 17 heavy (non-hydrogen) atoms. The molecule has 2 unspecified atom stereocenters. The predicted octanol–water partition coefficient (Wildman–Crippen LogP) is 1.19. The highest BCUT2D eigenvalue weighted by Gasteiger charge is 2.39. The van der Waals surface area contributed by atoms with E-state index in [4.69, 9.17) is 10.5 Å². The molecule has 98 valence electrons. The molecule has 2 aliphatic rings. The average molecular weight is 240 g/mol. The summed E-state index contributed by atoms with van der Waals surface area (Å²) in [6, 6.07) is 0.274.